The monoisotopic (exact) mass is 545 g/mol. The molecule has 0 bridgehead atoms. The molecule has 2 atom stereocenters. The highest BCUT2D eigenvalue weighted by Crippen LogP contribution is 2.48. The smallest absolute Gasteiger partial charge is 0.261 e. The van der Waals surface area contributed by atoms with Crippen LogP contribution in [0.4, 0.5) is 10.2 Å². The van der Waals surface area contributed by atoms with Crippen LogP contribution in [-0.4, -0.2) is 103 Å². The van der Waals surface area contributed by atoms with E-state index >= 15 is 4.39 Å². The lowest BCUT2D eigenvalue weighted by atomic mass is 9.98. The Kier molecular flexibility index (Phi) is 6.62. The lowest BCUT2D eigenvalue weighted by Gasteiger charge is -2.36. The summed E-state index contributed by atoms with van der Waals surface area (Å²) in [7, 11) is 0. The number of nitrogens with zero attached hydrogens (tertiary/aromatic N) is 4. The number of piperazine rings is 1. The fourth-order valence-corrected chi connectivity index (χ4v) is 6.52. The summed E-state index contributed by atoms with van der Waals surface area (Å²) in [5.41, 5.74) is -0.105. The minimum atomic E-state index is -0.654. The number of morpholine rings is 1. The first-order valence-electron chi connectivity index (χ1n) is 13.2. The molecule has 38 heavy (non-hydrogen) atoms. The molecule has 4 aliphatic rings. The van der Waals surface area contributed by atoms with E-state index in [4.69, 9.17) is 26.1 Å². The van der Waals surface area contributed by atoms with E-state index in [0.717, 1.165) is 19.5 Å². The molecule has 0 aliphatic carbocycles. The first kappa shape index (κ1) is 25.6. The molecule has 0 radical (unpaired) electrons. The number of aromatic nitrogens is 1. The summed E-state index contributed by atoms with van der Waals surface area (Å²) in [4.78, 5) is 25.4. The summed E-state index contributed by atoms with van der Waals surface area (Å²) in [6.45, 7) is 10.1. The van der Waals surface area contributed by atoms with Gasteiger partial charge in [0.05, 0.1) is 24.8 Å². The van der Waals surface area contributed by atoms with Crippen molar-refractivity contribution < 1.29 is 23.8 Å². The van der Waals surface area contributed by atoms with Crippen LogP contribution in [-0.2, 0) is 4.74 Å². The molecular weight excluding hydrogens is 513 g/mol. The van der Waals surface area contributed by atoms with Gasteiger partial charge in [-0.3, -0.25) is 9.69 Å². The number of hydrogen-bond donors (Lipinski definition) is 2. The molecule has 1 aromatic heterocycles. The molecule has 1 unspecified atom stereocenters. The third-order valence-electron chi connectivity index (χ3n) is 8.23. The minimum Gasteiger partial charge on any atom is -0.507 e. The zero-order chi connectivity index (χ0) is 26.6. The van der Waals surface area contributed by atoms with Gasteiger partial charge in [0.2, 0.25) is 0 Å². The van der Waals surface area contributed by atoms with E-state index in [2.05, 4.69) is 29.0 Å². The Morgan fingerprint density at radius 2 is 1.97 bits per heavy atom. The molecule has 6 rings (SSSR count). The topological polar surface area (TPSA) is 90.4 Å². The van der Waals surface area contributed by atoms with E-state index in [1.165, 1.54) is 18.2 Å². The van der Waals surface area contributed by atoms with E-state index in [1.807, 2.05) is 4.90 Å². The second-order valence-corrected chi connectivity index (χ2v) is 11.4. The summed E-state index contributed by atoms with van der Waals surface area (Å²) >= 11 is 6.85. The SMILES string of the molecule is CC1(C)CC(N2CCOCC2)CN1c1nc(-c2c(O)cccc2F)c(Cl)c2c1C(=O)N1CCNC[C@@H]1CO2. The Hall–Kier alpha value is -2.66. The predicted molar refractivity (Wildman–Crippen MR) is 142 cm³/mol. The van der Waals surface area contributed by atoms with Crippen LogP contribution in [0.15, 0.2) is 18.2 Å². The Balaban J connectivity index is 1.53. The molecule has 5 heterocycles. The average molecular weight is 546 g/mol. The van der Waals surface area contributed by atoms with Gasteiger partial charge in [-0.1, -0.05) is 17.7 Å². The summed E-state index contributed by atoms with van der Waals surface area (Å²) in [5.74, 6) is -0.521. The highest BCUT2D eigenvalue weighted by atomic mass is 35.5. The second kappa shape index (κ2) is 9.82. The molecule has 4 aliphatic heterocycles. The summed E-state index contributed by atoms with van der Waals surface area (Å²) in [6, 6.07) is 4.15. The largest absolute Gasteiger partial charge is 0.507 e. The Morgan fingerprint density at radius 1 is 1.18 bits per heavy atom. The van der Waals surface area contributed by atoms with Gasteiger partial charge in [-0.05, 0) is 32.4 Å². The fraction of sp³-hybridized carbons (Fsp3) is 0.556. The number of hydrogen-bond acceptors (Lipinski definition) is 8. The molecule has 204 valence electrons. The molecule has 0 saturated carbocycles. The van der Waals surface area contributed by atoms with Crippen molar-refractivity contribution in [2.75, 3.05) is 64.0 Å². The Labute approximate surface area is 226 Å². The van der Waals surface area contributed by atoms with Gasteiger partial charge in [-0.25, -0.2) is 9.37 Å². The predicted octanol–water partition coefficient (Wildman–Crippen LogP) is 2.74. The molecular formula is C27H33ClFN5O4. The quantitative estimate of drug-likeness (QED) is 0.608. The summed E-state index contributed by atoms with van der Waals surface area (Å²) in [6.07, 6.45) is 0.859. The van der Waals surface area contributed by atoms with Gasteiger partial charge in [0, 0.05) is 50.8 Å². The molecule has 3 fully saturated rings. The van der Waals surface area contributed by atoms with Gasteiger partial charge in [0.25, 0.3) is 5.91 Å². The van der Waals surface area contributed by atoms with E-state index in [0.29, 0.717) is 50.8 Å². The zero-order valence-electron chi connectivity index (χ0n) is 21.7. The van der Waals surface area contributed by atoms with Gasteiger partial charge in [-0.2, -0.15) is 0 Å². The number of aromatic hydroxyl groups is 1. The molecule has 0 spiro atoms. The van der Waals surface area contributed by atoms with Crippen LogP contribution in [0.3, 0.4) is 0 Å². The van der Waals surface area contributed by atoms with Crippen molar-refractivity contribution in [3.63, 3.8) is 0 Å². The standard InChI is InChI=1S/C27H33ClFN5O4/c1-27(2)12-16(32-8-10-37-11-9-32)14-34(27)25-21-24(38-15-17-13-30-6-7-33(17)26(21)36)22(28)23(31-25)20-18(29)4-3-5-19(20)35/h3-5,16-17,30,35H,6-15H2,1-2H3/t16?,17-/m1/s1. The van der Waals surface area contributed by atoms with Crippen LogP contribution in [0, 0.1) is 5.82 Å². The van der Waals surface area contributed by atoms with E-state index in [9.17, 15) is 9.90 Å². The van der Waals surface area contributed by atoms with Gasteiger partial charge in [0.15, 0.2) is 5.75 Å². The number of pyridine rings is 1. The van der Waals surface area contributed by atoms with Crippen LogP contribution in [0.2, 0.25) is 5.02 Å². The number of fused-ring (bicyclic) bond motifs is 2. The van der Waals surface area contributed by atoms with Crippen LogP contribution in [0.5, 0.6) is 11.5 Å². The van der Waals surface area contributed by atoms with Crippen LogP contribution in [0.1, 0.15) is 30.6 Å². The van der Waals surface area contributed by atoms with Crippen molar-refractivity contribution >= 4 is 23.3 Å². The molecule has 3 saturated heterocycles. The number of carbonyl (C=O) groups excluding carboxylic acids is 1. The van der Waals surface area contributed by atoms with Gasteiger partial charge in [0.1, 0.15) is 40.3 Å². The molecule has 9 nitrogen and oxygen atoms in total. The lowest BCUT2D eigenvalue weighted by molar-refractivity contribution is 0.0196. The third-order valence-corrected chi connectivity index (χ3v) is 8.58. The van der Waals surface area contributed by atoms with Gasteiger partial charge >= 0.3 is 0 Å². The number of phenolic OH excluding ortho intramolecular Hbond substituents is 1. The van der Waals surface area contributed by atoms with Crippen molar-refractivity contribution in [1.29, 1.82) is 0 Å². The molecule has 2 N–H and O–H groups in total. The zero-order valence-corrected chi connectivity index (χ0v) is 22.4. The van der Waals surface area contributed by atoms with Crippen molar-refractivity contribution in [3.05, 3.63) is 34.6 Å². The molecule has 1 aromatic carbocycles. The molecule has 1 amide bonds. The highest BCUT2D eigenvalue weighted by Gasteiger charge is 2.46. The number of rotatable bonds is 3. The van der Waals surface area contributed by atoms with Crippen molar-refractivity contribution in [3.8, 4) is 22.8 Å². The number of nitrogens with one attached hydrogen (secondary N) is 1. The number of anilines is 1. The minimum absolute atomic E-state index is 0.0204. The number of benzene rings is 1. The Bertz CT molecular complexity index is 1230. The third kappa shape index (κ3) is 4.27. The lowest BCUT2D eigenvalue weighted by Crippen LogP contribution is -2.55. The van der Waals surface area contributed by atoms with Gasteiger partial charge in [-0.15, -0.1) is 0 Å². The van der Waals surface area contributed by atoms with Crippen molar-refractivity contribution in [2.45, 2.75) is 37.9 Å². The van der Waals surface area contributed by atoms with Crippen molar-refractivity contribution in [2.24, 2.45) is 0 Å². The second-order valence-electron chi connectivity index (χ2n) is 11.0. The summed E-state index contributed by atoms with van der Waals surface area (Å²) in [5, 5.41) is 14.0. The number of ether oxygens (including phenoxy) is 2. The molecule has 2 aromatic rings. The van der Waals surface area contributed by atoms with E-state index in [-0.39, 0.29) is 57.9 Å². The first-order valence-corrected chi connectivity index (χ1v) is 13.6. The van der Waals surface area contributed by atoms with E-state index in [1.54, 1.807) is 0 Å². The normalized spacial score (nSPS) is 25.5. The van der Waals surface area contributed by atoms with E-state index < -0.39 is 5.82 Å². The van der Waals surface area contributed by atoms with Gasteiger partial charge < -0.3 is 29.7 Å². The number of halogens is 2. The maximum absolute atomic E-state index is 15.1. The fourth-order valence-electron chi connectivity index (χ4n) is 6.24. The van der Waals surface area contributed by atoms with Crippen LogP contribution < -0.4 is 15.0 Å². The molecule has 11 heteroatoms. The Morgan fingerprint density at radius 3 is 2.74 bits per heavy atom. The maximum atomic E-state index is 15.1. The van der Waals surface area contributed by atoms with Crippen molar-refractivity contribution in [1.82, 2.24) is 20.1 Å². The van der Waals surface area contributed by atoms with Crippen LogP contribution >= 0.6 is 11.6 Å². The first-order chi connectivity index (χ1) is 18.3. The highest BCUT2D eigenvalue weighted by molar-refractivity contribution is 6.35. The number of amides is 1. The number of phenols is 1. The average Bonchev–Trinajstić information content (AvgIpc) is 3.14. The number of carbonyl (C=O) groups is 1. The maximum Gasteiger partial charge on any atom is 0.261 e. The summed E-state index contributed by atoms with van der Waals surface area (Å²) < 4.78 is 26.9. The van der Waals surface area contributed by atoms with Crippen LogP contribution in [0.25, 0.3) is 11.3 Å².